The predicted molar refractivity (Wildman–Crippen MR) is 71.0 cm³/mol. The third-order valence-electron chi connectivity index (χ3n) is 2.59. The second-order valence-electron chi connectivity index (χ2n) is 4.75. The number of rotatable bonds is 6. The third kappa shape index (κ3) is 5.19. The molecule has 1 atom stereocenters. The highest BCUT2D eigenvalue weighted by atomic mass is 16.3. The summed E-state index contributed by atoms with van der Waals surface area (Å²) in [5.41, 5.74) is -0.848. The minimum atomic E-state index is -0.848. The van der Waals surface area contributed by atoms with E-state index in [9.17, 15) is 9.90 Å². The fraction of sp³-hybridized carbons (Fsp3) is 0.500. The highest BCUT2D eigenvalue weighted by Crippen LogP contribution is 2.10. The van der Waals surface area contributed by atoms with Gasteiger partial charge in [-0.05, 0) is 38.5 Å². The van der Waals surface area contributed by atoms with Gasteiger partial charge in [-0.3, -0.25) is 4.79 Å². The van der Waals surface area contributed by atoms with Crippen molar-refractivity contribution in [1.82, 2.24) is 5.32 Å². The van der Waals surface area contributed by atoms with E-state index < -0.39 is 5.60 Å². The Morgan fingerprint density at radius 1 is 1.56 bits per heavy atom. The summed E-state index contributed by atoms with van der Waals surface area (Å²) >= 11 is 0. The average Bonchev–Trinajstić information content (AvgIpc) is 2.70. The summed E-state index contributed by atoms with van der Waals surface area (Å²) in [6.45, 7) is 5.81. The molecule has 4 heteroatoms. The number of carbonyl (C=O) groups excluding carboxylic acids is 1. The Balaban J connectivity index is 2.40. The van der Waals surface area contributed by atoms with Crippen LogP contribution in [0.1, 0.15) is 38.2 Å². The van der Waals surface area contributed by atoms with E-state index in [2.05, 4.69) is 5.32 Å². The molecule has 0 saturated carbocycles. The van der Waals surface area contributed by atoms with Crippen LogP contribution >= 0.6 is 0 Å². The molecule has 100 valence electrons. The van der Waals surface area contributed by atoms with Gasteiger partial charge >= 0.3 is 0 Å². The van der Waals surface area contributed by atoms with Crippen molar-refractivity contribution in [1.29, 1.82) is 0 Å². The summed E-state index contributed by atoms with van der Waals surface area (Å²) in [7, 11) is 0. The highest BCUT2D eigenvalue weighted by molar-refractivity contribution is 5.91. The van der Waals surface area contributed by atoms with Gasteiger partial charge in [0.15, 0.2) is 0 Å². The van der Waals surface area contributed by atoms with E-state index in [1.54, 1.807) is 19.1 Å². The van der Waals surface area contributed by atoms with Crippen molar-refractivity contribution >= 4 is 12.0 Å². The van der Waals surface area contributed by atoms with Crippen molar-refractivity contribution in [2.75, 3.05) is 6.54 Å². The second-order valence-corrected chi connectivity index (χ2v) is 4.75. The van der Waals surface area contributed by atoms with Crippen molar-refractivity contribution < 1.29 is 14.3 Å². The lowest BCUT2D eigenvalue weighted by Crippen LogP contribution is -2.39. The third-order valence-corrected chi connectivity index (χ3v) is 2.59. The van der Waals surface area contributed by atoms with Crippen molar-refractivity contribution in [2.45, 2.75) is 39.2 Å². The Hall–Kier alpha value is -1.55. The largest absolute Gasteiger partial charge is 0.462 e. The molecule has 0 aliphatic heterocycles. The smallest absolute Gasteiger partial charge is 0.244 e. The number of hydrogen-bond donors (Lipinski definition) is 2. The zero-order valence-electron chi connectivity index (χ0n) is 11.2. The molecule has 0 fully saturated rings. The summed E-state index contributed by atoms with van der Waals surface area (Å²) in [5, 5.41) is 12.6. The van der Waals surface area contributed by atoms with E-state index in [1.807, 2.05) is 19.9 Å². The summed E-state index contributed by atoms with van der Waals surface area (Å²) in [4.78, 5) is 11.5. The maximum absolute atomic E-state index is 11.5. The molecule has 0 saturated heterocycles. The molecule has 0 spiro atoms. The lowest BCUT2D eigenvalue weighted by molar-refractivity contribution is -0.117. The van der Waals surface area contributed by atoms with Crippen LogP contribution in [0.15, 0.2) is 22.6 Å². The van der Waals surface area contributed by atoms with Gasteiger partial charge in [-0.2, -0.15) is 0 Å². The maximum atomic E-state index is 11.5. The van der Waals surface area contributed by atoms with Gasteiger partial charge in [-0.15, -0.1) is 0 Å². The normalized spacial score (nSPS) is 14.7. The fourth-order valence-electron chi connectivity index (χ4n) is 1.66. The van der Waals surface area contributed by atoms with E-state index in [1.165, 1.54) is 6.08 Å². The van der Waals surface area contributed by atoms with Crippen LogP contribution in [-0.2, 0) is 4.79 Å². The van der Waals surface area contributed by atoms with Crippen LogP contribution in [0.4, 0.5) is 0 Å². The second kappa shape index (κ2) is 6.40. The Labute approximate surface area is 108 Å². The van der Waals surface area contributed by atoms with Gasteiger partial charge in [0.05, 0.1) is 5.60 Å². The number of furan rings is 1. The van der Waals surface area contributed by atoms with Crippen LogP contribution in [0.5, 0.6) is 0 Å². The molecule has 1 unspecified atom stereocenters. The first-order valence-corrected chi connectivity index (χ1v) is 6.18. The molecule has 18 heavy (non-hydrogen) atoms. The van der Waals surface area contributed by atoms with Crippen molar-refractivity contribution in [2.24, 2.45) is 0 Å². The van der Waals surface area contributed by atoms with Gasteiger partial charge in [0.2, 0.25) is 5.91 Å². The summed E-state index contributed by atoms with van der Waals surface area (Å²) in [5.74, 6) is 1.21. The molecule has 0 bridgehead atoms. The van der Waals surface area contributed by atoms with Crippen LogP contribution in [0.3, 0.4) is 0 Å². The fourth-order valence-corrected chi connectivity index (χ4v) is 1.66. The van der Waals surface area contributed by atoms with Crippen LogP contribution in [0.2, 0.25) is 0 Å². The first kappa shape index (κ1) is 14.5. The van der Waals surface area contributed by atoms with Gasteiger partial charge in [-0.1, -0.05) is 13.3 Å². The molecule has 0 radical (unpaired) electrons. The molecule has 1 amide bonds. The lowest BCUT2D eigenvalue weighted by Gasteiger charge is -2.22. The molecule has 0 aromatic carbocycles. The molecule has 1 aromatic heterocycles. The molecule has 0 aliphatic carbocycles. The zero-order chi connectivity index (χ0) is 13.6. The minimum Gasteiger partial charge on any atom is -0.462 e. The monoisotopic (exact) mass is 251 g/mol. The minimum absolute atomic E-state index is 0.236. The quantitative estimate of drug-likeness (QED) is 0.762. The Morgan fingerprint density at radius 2 is 2.28 bits per heavy atom. The molecule has 2 N–H and O–H groups in total. The van der Waals surface area contributed by atoms with E-state index in [-0.39, 0.29) is 12.5 Å². The topological polar surface area (TPSA) is 62.5 Å². The number of hydrogen-bond acceptors (Lipinski definition) is 3. The van der Waals surface area contributed by atoms with Gasteiger partial charge in [0.1, 0.15) is 11.5 Å². The zero-order valence-corrected chi connectivity index (χ0v) is 11.2. The van der Waals surface area contributed by atoms with Crippen LogP contribution < -0.4 is 5.32 Å². The van der Waals surface area contributed by atoms with Gasteiger partial charge in [0.25, 0.3) is 0 Å². The molecular formula is C14H21NO3. The number of amides is 1. The molecule has 1 rings (SSSR count). The van der Waals surface area contributed by atoms with Crippen LogP contribution in [0, 0.1) is 6.92 Å². The molecule has 1 heterocycles. The van der Waals surface area contributed by atoms with Gasteiger partial charge < -0.3 is 14.8 Å². The SMILES string of the molecule is CCCC(C)(O)CNC(=O)/C=C/c1ccc(C)o1. The number of nitrogens with one attached hydrogen (secondary N) is 1. The van der Waals surface area contributed by atoms with Crippen molar-refractivity contribution in [3.63, 3.8) is 0 Å². The lowest BCUT2D eigenvalue weighted by atomic mass is 10.0. The molecule has 1 aromatic rings. The van der Waals surface area contributed by atoms with Gasteiger partial charge in [0, 0.05) is 12.6 Å². The highest BCUT2D eigenvalue weighted by Gasteiger charge is 2.19. The maximum Gasteiger partial charge on any atom is 0.244 e. The first-order valence-electron chi connectivity index (χ1n) is 6.18. The Kier molecular flexibility index (Phi) is 5.16. The standard InChI is InChI=1S/C14H21NO3/c1-4-9-14(3,17)10-15-13(16)8-7-12-6-5-11(2)18-12/h5-8,17H,4,9-10H2,1-3H3,(H,15,16)/b8-7+. The Morgan fingerprint density at radius 3 is 2.83 bits per heavy atom. The number of carbonyl (C=O) groups is 1. The van der Waals surface area contributed by atoms with Gasteiger partial charge in [-0.25, -0.2) is 0 Å². The van der Waals surface area contributed by atoms with E-state index in [0.717, 1.165) is 12.2 Å². The van der Waals surface area contributed by atoms with E-state index in [4.69, 9.17) is 4.42 Å². The number of aliphatic hydroxyl groups is 1. The van der Waals surface area contributed by atoms with E-state index >= 15 is 0 Å². The summed E-state index contributed by atoms with van der Waals surface area (Å²) in [6.07, 6.45) is 4.55. The van der Waals surface area contributed by atoms with Crippen LogP contribution in [0.25, 0.3) is 6.08 Å². The summed E-state index contributed by atoms with van der Waals surface area (Å²) < 4.78 is 5.30. The molecule has 4 nitrogen and oxygen atoms in total. The molecule has 0 aliphatic rings. The number of aryl methyl sites for hydroxylation is 1. The average molecular weight is 251 g/mol. The molecular weight excluding hydrogens is 230 g/mol. The van der Waals surface area contributed by atoms with Crippen LogP contribution in [-0.4, -0.2) is 23.2 Å². The first-order chi connectivity index (χ1) is 8.43. The van der Waals surface area contributed by atoms with E-state index in [0.29, 0.717) is 12.2 Å². The summed E-state index contributed by atoms with van der Waals surface area (Å²) in [6, 6.07) is 3.63. The van der Waals surface area contributed by atoms with Crippen molar-refractivity contribution in [3.05, 3.63) is 29.7 Å². The predicted octanol–water partition coefficient (Wildman–Crippen LogP) is 2.27. The van der Waals surface area contributed by atoms with Crippen molar-refractivity contribution in [3.8, 4) is 0 Å². The Bertz CT molecular complexity index is 418.